The van der Waals surface area contributed by atoms with Crippen molar-refractivity contribution >= 4 is 5.52 Å². The Hall–Kier alpha value is -2.09. The second kappa shape index (κ2) is 3.24. The summed E-state index contributed by atoms with van der Waals surface area (Å²) in [5.41, 5.74) is 3.59. The van der Waals surface area contributed by atoms with Crippen LogP contribution in [0.4, 0.5) is 0 Å². The van der Waals surface area contributed by atoms with E-state index in [1.807, 2.05) is 35.1 Å². The summed E-state index contributed by atoms with van der Waals surface area (Å²) in [6.45, 7) is 0. The van der Waals surface area contributed by atoms with Gasteiger partial charge in [0, 0.05) is 18.0 Å². The van der Waals surface area contributed by atoms with Gasteiger partial charge >= 0.3 is 0 Å². The van der Waals surface area contributed by atoms with E-state index in [2.05, 4.69) is 35.4 Å². The van der Waals surface area contributed by atoms with E-state index in [1.165, 1.54) is 11.1 Å². The van der Waals surface area contributed by atoms with Gasteiger partial charge in [0.2, 0.25) is 0 Å². The molecule has 0 saturated heterocycles. The number of fused-ring (bicyclic) bond motifs is 1. The van der Waals surface area contributed by atoms with E-state index in [-0.39, 0.29) is 0 Å². The van der Waals surface area contributed by atoms with Crippen molar-refractivity contribution in [3.63, 3.8) is 0 Å². The normalized spacial score (nSPS) is 10.7. The largest absolute Gasteiger partial charge is 0.240 e. The summed E-state index contributed by atoms with van der Waals surface area (Å²) in [5, 5.41) is 4.24. The zero-order valence-electron chi connectivity index (χ0n) is 8.17. The van der Waals surface area contributed by atoms with Gasteiger partial charge in [-0.05, 0) is 23.8 Å². The number of benzene rings is 1. The molecule has 0 aliphatic carbocycles. The summed E-state index contributed by atoms with van der Waals surface area (Å²) < 4.78 is 1.89. The molecule has 0 spiro atoms. The molecule has 2 heteroatoms. The summed E-state index contributed by atoms with van der Waals surface area (Å²) in [4.78, 5) is 0. The maximum Gasteiger partial charge on any atom is 0.0724 e. The van der Waals surface area contributed by atoms with Crippen molar-refractivity contribution in [2.75, 3.05) is 0 Å². The van der Waals surface area contributed by atoms with Gasteiger partial charge in [-0.25, -0.2) is 4.52 Å². The van der Waals surface area contributed by atoms with Crippen LogP contribution < -0.4 is 0 Å². The van der Waals surface area contributed by atoms with Crippen molar-refractivity contribution in [3.05, 3.63) is 60.9 Å². The van der Waals surface area contributed by atoms with Crippen LogP contribution in [0.25, 0.3) is 16.6 Å². The molecule has 0 fully saturated rings. The maximum absolute atomic E-state index is 4.24. The highest BCUT2D eigenvalue weighted by molar-refractivity contribution is 5.79. The molecule has 0 amide bonds. The summed E-state index contributed by atoms with van der Waals surface area (Å²) in [7, 11) is 0. The van der Waals surface area contributed by atoms with Crippen molar-refractivity contribution in [2.24, 2.45) is 0 Å². The second-order valence-corrected chi connectivity index (χ2v) is 3.45. The zero-order valence-corrected chi connectivity index (χ0v) is 8.17. The Morgan fingerprint density at radius 2 is 1.73 bits per heavy atom. The highest BCUT2D eigenvalue weighted by Crippen LogP contribution is 2.23. The molecule has 0 radical (unpaired) electrons. The molecule has 2 heterocycles. The van der Waals surface area contributed by atoms with Crippen LogP contribution in [0.5, 0.6) is 0 Å². The molecule has 72 valence electrons. The summed E-state index contributed by atoms with van der Waals surface area (Å²) >= 11 is 0. The van der Waals surface area contributed by atoms with E-state index in [9.17, 15) is 0 Å². The molecule has 2 aromatic heterocycles. The fourth-order valence-electron chi connectivity index (χ4n) is 1.81. The van der Waals surface area contributed by atoms with Crippen molar-refractivity contribution in [3.8, 4) is 11.1 Å². The van der Waals surface area contributed by atoms with Crippen LogP contribution in [-0.4, -0.2) is 9.61 Å². The Kier molecular flexibility index (Phi) is 1.78. The molecule has 0 atom stereocenters. The third kappa shape index (κ3) is 1.31. The van der Waals surface area contributed by atoms with Crippen molar-refractivity contribution in [2.45, 2.75) is 0 Å². The number of rotatable bonds is 1. The van der Waals surface area contributed by atoms with Gasteiger partial charge in [0.25, 0.3) is 0 Å². The topological polar surface area (TPSA) is 17.3 Å². The molecular formula is C13H10N2. The molecule has 0 bridgehead atoms. The first-order chi connectivity index (χ1) is 7.45. The molecular weight excluding hydrogens is 184 g/mol. The highest BCUT2D eigenvalue weighted by Gasteiger charge is 2.02. The van der Waals surface area contributed by atoms with Gasteiger partial charge in [-0.15, -0.1) is 0 Å². The number of aromatic nitrogens is 2. The second-order valence-electron chi connectivity index (χ2n) is 3.45. The molecule has 0 saturated carbocycles. The molecule has 3 rings (SSSR count). The van der Waals surface area contributed by atoms with E-state index in [0.717, 1.165) is 5.52 Å². The van der Waals surface area contributed by atoms with E-state index >= 15 is 0 Å². The zero-order chi connectivity index (χ0) is 10.1. The van der Waals surface area contributed by atoms with Gasteiger partial charge in [-0.1, -0.05) is 30.3 Å². The first-order valence-electron chi connectivity index (χ1n) is 4.93. The summed E-state index contributed by atoms with van der Waals surface area (Å²) in [5.74, 6) is 0. The summed E-state index contributed by atoms with van der Waals surface area (Å²) in [6.07, 6.45) is 3.79. The predicted octanol–water partition coefficient (Wildman–Crippen LogP) is 3.00. The minimum absolute atomic E-state index is 1.14. The van der Waals surface area contributed by atoms with Gasteiger partial charge < -0.3 is 0 Å². The van der Waals surface area contributed by atoms with Crippen LogP contribution in [-0.2, 0) is 0 Å². The first kappa shape index (κ1) is 8.24. The van der Waals surface area contributed by atoms with E-state index in [0.29, 0.717) is 0 Å². The molecule has 0 aliphatic rings. The number of hydrogen-bond donors (Lipinski definition) is 0. The maximum atomic E-state index is 4.24. The molecule has 3 aromatic rings. The van der Waals surface area contributed by atoms with Crippen LogP contribution >= 0.6 is 0 Å². The lowest BCUT2D eigenvalue weighted by atomic mass is 10.1. The smallest absolute Gasteiger partial charge is 0.0724 e. The number of nitrogens with zero attached hydrogens (tertiary/aromatic N) is 2. The molecule has 0 N–H and O–H groups in total. The van der Waals surface area contributed by atoms with E-state index < -0.39 is 0 Å². The van der Waals surface area contributed by atoms with Crippen molar-refractivity contribution < 1.29 is 0 Å². The van der Waals surface area contributed by atoms with Crippen LogP contribution in [0.2, 0.25) is 0 Å². The Balaban J connectivity index is 2.31. The van der Waals surface area contributed by atoms with Gasteiger partial charge in [-0.2, -0.15) is 5.10 Å². The van der Waals surface area contributed by atoms with Crippen molar-refractivity contribution in [1.29, 1.82) is 0 Å². The minimum atomic E-state index is 1.14. The van der Waals surface area contributed by atoms with Crippen molar-refractivity contribution in [1.82, 2.24) is 9.61 Å². The Labute approximate surface area is 87.8 Å². The minimum Gasteiger partial charge on any atom is -0.240 e. The Morgan fingerprint density at radius 3 is 2.60 bits per heavy atom. The quantitative estimate of drug-likeness (QED) is 0.582. The molecule has 2 nitrogen and oxygen atoms in total. The monoisotopic (exact) mass is 194 g/mol. The van der Waals surface area contributed by atoms with Gasteiger partial charge in [0.15, 0.2) is 0 Å². The molecule has 0 aliphatic heterocycles. The van der Waals surface area contributed by atoms with E-state index in [1.54, 1.807) is 0 Å². The van der Waals surface area contributed by atoms with Gasteiger partial charge in [0.1, 0.15) is 0 Å². The van der Waals surface area contributed by atoms with Crippen LogP contribution in [0.1, 0.15) is 0 Å². The fourth-order valence-corrected chi connectivity index (χ4v) is 1.81. The Bertz CT molecular complexity index is 582. The third-order valence-corrected chi connectivity index (χ3v) is 2.52. The molecule has 1 aromatic carbocycles. The van der Waals surface area contributed by atoms with Gasteiger partial charge in [-0.3, -0.25) is 0 Å². The van der Waals surface area contributed by atoms with Crippen LogP contribution in [0, 0.1) is 0 Å². The molecule has 15 heavy (non-hydrogen) atoms. The Morgan fingerprint density at radius 1 is 0.867 bits per heavy atom. The van der Waals surface area contributed by atoms with Gasteiger partial charge in [0.05, 0.1) is 5.52 Å². The summed E-state index contributed by atoms with van der Waals surface area (Å²) in [6, 6.07) is 16.5. The average Bonchev–Trinajstić information content (AvgIpc) is 2.78. The highest BCUT2D eigenvalue weighted by atomic mass is 15.2. The molecule has 0 unspecified atom stereocenters. The SMILES string of the molecule is c1ccc(-c2ccnn3cccc23)cc1. The lowest BCUT2D eigenvalue weighted by molar-refractivity contribution is 0.942. The first-order valence-corrected chi connectivity index (χ1v) is 4.93. The predicted molar refractivity (Wildman–Crippen MR) is 60.6 cm³/mol. The lowest BCUT2D eigenvalue weighted by Gasteiger charge is -2.03. The lowest BCUT2D eigenvalue weighted by Crippen LogP contribution is -1.90. The number of hydrogen-bond acceptors (Lipinski definition) is 1. The van der Waals surface area contributed by atoms with Crippen LogP contribution in [0.15, 0.2) is 60.9 Å². The standard InChI is InChI=1S/C13H10N2/c1-2-5-11(6-3-1)12-8-9-14-15-10-4-7-13(12)15/h1-10H. The van der Waals surface area contributed by atoms with Crippen LogP contribution in [0.3, 0.4) is 0 Å². The average molecular weight is 194 g/mol. The third-order valence-electron chi connectivity index (χ3n) is 2.52. The fraction of sp³-hybridized carbons (Fsp3) is 0. The van der Waals surface area contributed by atoms with E-state index in [4.69, 9.17) is 0 Å².